The lowest BCUT2D eigenvalue weighted by Crippen LogP contribution is -2.28. The molecule has 1 saturated heterocycles. The van der Waals surface area contributed by atoms with Gasteiger partial charge in [-0.1, -0.05) is 0 Å². The lowest BCUT2D eigenvalue weighted by Gasteiger charge is -2.23. The van der Waals surface area contributed by atoms with Crippen molar-refractivity contribution in [1.29, 1.82) is 0 Å². The number of rotatable bonds is 2. The molecule has 6 rings (SSSR count). The predicted molar refractivity (Wildman–Crippen MR) is 138 cm³/mol. The van der Waals surface area contributed by atoms with E-state index in [2.05, 4.69) is 25.6 Å². The normalized spacial score (nSPS) is 24.8. The van der Waals surface area contributed by atoms with Crippen LogP contribution in [0.4, 0.5) is 39.4 Å². The summed E-state index contributed by atoms with van der Waals surface area (Å²) in [5, 5.41) is 16.5. The first kappa shape index (κ1) is 26.7. The molecule has 3 aliphatic rings. The number of nitrogen functional groups attached to an aromatic ring is 1. The summed E-state index contributed by atoms with van der Waals surface area (Å²) in [5.41, 5.74) is 1.27. The average molecular weight is 566 g/mol. The number of pyridine rings is 1. The van der Waals surface area contributed by atoms with Gasteiger partial charge in [0.15, 0.2) is 5.82 Å². The highest BCUT2D eigenvalue weighted by molar-refractivity contribution is 5.97. The SMILES string of the molecule is Cc1c(F)c(N)cc(-c2nc3c4c(nc(N5CC6C(O)C6C5)nc4c2F)NCCNCC[C@H](C)O3)c1C(F)(F)F. The number of aliphatic hydroxyl groups is 1. The van der Waals surface area contributed by atoms with E-state index >= 15 is 4.39 Å². The molecule has 2 aromatic heterocycles. The second kappa shape index (κ2) is 9.54. The van der Waals surface area contributed by atoms with Gasteiger partial charge in [0, 0.05) is 43.6 Å². The Hall–Kier alpha value is -3.52. The molecule has 2 fully saturated rings. The summed E-state index contributed by atoms with van der Waals surface area (Å²) in [4.78, 5) is 15.1. The van der Waals surface area contributed by atoms with Crippen molar-refractivity contribution < 1.29 is 31.8 Å². The minimum Gasteiger partial charge on any atom is -0.474 e. The van der Waals surface area contributed by atoms with E-state index in [4.69, 9.17) is 10.5 Å². The van der Waals surface area contributed by atoms with Gasteiger partial charge in [0.2, 0.25) is 11.8 Å². The molecule has 3 aromatic rings. The van der Waals surface area contributed by atoms with Crippen molar-refractivity contribution in [1.82, 2.24) is 20.3 Å². The number of halogens is 5. The third-order valence-electron chi connectivity index (χ3n) is 7.87. The highest BCUT2D eigenvalue weighted by atomic mass is 19.4. The van der Waals surface area contributed by atoms with Crippen LogP contribution >= 0.6 is 0 Å². The zero-order valence-corrected chi connectivity index (χ0v) is 21.7. The minimum atomic E-state index is -5.03. The van der Waals surface area contributed by atoms with Gasteiger partial charge in [-0.3, -0.25) is 0 Å². The zero-order chi connectivity index (χ0) is 28.5. The second-order valence-corrected chi connectivity index (χ2v) is 10.6. The van der Waals surface area contributed by atoms with Crippen LogP contribution in [-0.4, -0.2) is 65.0 Å². The average Bonchev–Trinajstić information content (AvgIpc) is 3.27. The number of fused-ring (bicyclic) bond motifs is 1. The van der Waals surface area contributed by atoms with E-state index < -0.39 is 58.1 Å². The van der Waals surface area contributed by atoms with E-state index in [1.807, 2.05) is 4.90 Å². The number of ether oxygens (including phenoxy) is 1. The van der Waals surface area contributed by atoms with Crippen LogP contribution in [0.3, 0.4) is 0 Å². The number of alkyl halides is 3. The molecule has 14 heteroatoms. The molecular weight excluding hydrogens is 537 g/mol. The van der Waals surface area contributed by atoms with Gasteiger partial charge in [0.05, 0.1) is 23.5 Å². The molecule has 5 N–H and O–H groups in total. The summed E-state index contributed by atoms with van der Waals surface area (Å²) in [6.45, 7) is 5.21. The van der Waals surface area contributed by atoms with Crippen molar-refractivity contribution in [2.45, 2.75) is 38.7 Å². The number of nitrogens with one attached hydrogen (secondary N) is 2. The largest absolute Gasteiger partial charge is 0.474 e. The van der Waals surface area contributed by atoms with Crippen LogP contribution in [0.2, 0.25) is 0 Å². The third kappa shape index (κ3) is 4.42. The number of aromatic nitrogens is 3. The van der Waals surface area contributed by atoms with Gasteiger partial charge in [-0.25, -0.2) is 18.7 Å². The van der Waals surface area contributed by atoms with E-state index in [1.165, 1.54) is 0 Å². The summed E-state index contributed by atoms with van der Waals surface area (Å²) in [6.07, 6.45) is -5.33. The van der Waals surface area contributed by atoms with Gasteiger partial charge < -0.3 is 31.1 Å². The third-order valence-corrected chi connectivity index (χ3v) is 7.87. The Balaban J connectivity index is 1.62. The number of hydrogen-bond donors (Lipinski definition) is 4. The van der Waals surface area contributed by atoms with Gasteiger partial charge in [-0.05, 0) is 38.4 Å². The van der Waals surface area contributed by atoms with Crippen LogP contribution in [0.1, 0.15) is 24.5 Å². The molecule has 9 nitrogen and oxygen atoms in total. The molecule has 4 heterocycles. The predicted octanol–water partition coefficient (Wildman–Crippen LogP) is 3.48. The van der Waals surface area contributed by atoms with Gasteiger partial charge in [-0.15, -0.1) is 0 Å². The number of nitrogens with two attached hydrogens (primary N) is 1. The highest BCUT2D eigenvalue weighted by Crippen LogP contribution is 2.48. The Bertz CT molecular complexity index is 1490. The first-order valence-electron chi connectivity index (χ1n) is 13.1. The van der Waals surface area contributed by atoms with E-state index in [1.54, 1.807) is 6.92 Å². The van der Waals surface area contributed by atoms with Crippen molar-refractivity contribution in [2.75, 3.05) is 48.7 Å². The Morgan fingerprint density at radius 1 is 1.07 bits per heavy atom. The molecule has 0 bridgehead atoms. The summed E-state index contributed by atoms with van der Waals surface area (Å²) < 4.78 is 79.6. The second-order valence-electron chi connectivity index (χ2n) is 10.6. The summed E-state index contributed by atoms with van der Waals surface area (Å²) in [7, 11) is 0. The molecule has 1 aliphatic carbocycles. The molecule has 3 atom stereocenters. The zero-order valence-electron chi connectivity index (χ0n) is 21.7. The molecule has 0 amide bonds. The molecule has 214 valence electrons. The van der Waals surface area contributed by atoms with Gasteiger partial charge in [0.25, 0.3) is 0 Å². The van der Waals surface area contributed by atoms with Crippen molar-refractivity contribution in [3.05, 3.63) is 28.8 Å². The molecule has 1 saturated carbocycles. The van der Waals surface area contributed by atoms with Gasteiger partial charge in [-0.2, -0.15) is 18.2 Å². The molecule has 2 aliphatic heterocycles. The summed E-state index contributed by atoms with van der Waals surface area (Å²) in [6, 6.07) is 0.740. The smallest absolute Gasteiger partial charge is 0.417 e. The molecule has 1 aromatic carbocycles. The Morgan fingerprint density at radius 3 is 2.50 bits per heavy atom. The number of benzene rings is 1. The standard InChI is InChI=1S/C26H28F5N7O2/c1-10-3-4-33-5-6-34-23-16-21(36-25(37-23)38-8-13-14(9-38)22(13)39)19(28)20(35-24(16)40-10)12-7-15(32)18(27)11(2)17(12)26(29,30)31/h7,10,13-14,22,33,39H,3-6,8-9,32H2,1-2H3,(H,34,36,37)/t10-,13?,14?,22?/m0/s1. The maximum absolute atomic E-state index is 16.4. The number of hydrogen-bond acceptors (Lipinski definition) is 9. The van der Waals surface area contributed by atoms with Crippen molar-refractivity contribution >= 4 is 28.4 Å². The Labute approximate surface area is 225 Å². The van der Waals surface area contributed by atoms with E-state index in [-0.39, 0.29) is 40.4 Å². The fraction of sp³-hybridized carbons (Fsp3) is 0.500. The number of nitrogens with zero attached hydrogens (tertiary/aromatic N) is 4. The molecule has 2 unspecified atom stereocenters. The maximum Gasteiger partial charge on any atom is 0.417 e. The molecular formula is C26H28F5N7O2. The quantitative estimate of drug-likeness (QED) is 0.273. The van der Waals surface area contributed by atoms with Crippen LogP contribution in [0.5, 0.6) is 5.88 Å². The Morgan fingerprint density at radius 2 is 1.80 bits per heavy atom. The molecule has 0 radical (unpaired) electrons. The lowest BCUT2D eigenvalue weighted by atomic mass is 9.96. The summed E-state index contributed by atoms with van der Waals surface area (Å²) >= 11 is 0. The van der Waals surface area contributed by atoms with E-state index in [0.29, 0.717) is 39.1 Å². The highest BCUT2D eigenvalue weighted by Gasteiger charge is 2.55. The minimum absolute atomic E-state index is 0.0612. The first-order chi connectivity index (χ1) is 19.0. The number of aliphatic hydroxyl groups excluding tert-OH is 1. The van der Waals surface area contributed by atoms with Crippen LogP contribution < -0.4 is 26.0 Å². The fourth-order valence-corrected chi connectivity index (χ4v) is 5.64. The maximum atomic E-state index is 16.4. The van der Waals surface area contributed by atoms with Crippen molar-refractivity contribution in [3.8, 4) is 17.1 Å². The van der Waals surface area contributed by atoms with E-state index in [0.717, 1.165) is 13.0 Å². The van der Waals surface area contributed by atoms with Crippen LogP contribution in [-0.2, 0) is 6.18 Å². The summed E-state index contributed by atoms with van der Waals surface area (Å²) in [5.74, 6) is -2.02. The topological polar surface area (TPSA) is 121 Å². The van der Waals surface area contributed by atoms with Crippen LogP contribution in [0, 0.1) is 30.4 Å². The van der Waals surface area contributed by atoms with Crippen LogP contribution in [0.15, 0.2) is 6.07 Å². The molecule has 0 spiro atoms. The van der Waals surface area contributed by atoms with Gasteiger partial charge in [0.1, 0.15) is 28.2 Å². The monoisotopic (exact) mass is 565 g/mol. The number of anilines is 3. The lowest BCUT2D eigenvalue weighted by molar-refractivity contribution is -0.137. The van der Waals surface area contributed by atoms with Crippen molar-refractivity contribution in [2.24, 2.45) is 11.8 Å². The van der Waals surface area contributed by atoms with Gasteiger partial charge >= 0.3 is 6.18 Å². The fourth-order valence-electron chi connectivity index (χ4n) is 5.64. The Kier molecular flexibility index (Phi) is 6.37. The van der Waals surface area contributed by atoms with Crippen molar-refractivity contribution in [3.63, 3.8) is 0 Å². The van der Waals surface area contributed by atoms with E-state index in [9.17, 15) is 22.7 Å². The molecule has 40 heavy (non-hydrogen) atoms. The number of piperidine rings is 1. The first-order valence-corrected chi connectivity index (χ1v) is 13.1. The van der Waals surface area contributed by atoms with Crippen LogP contribution in [0.25, 0.3) is 22.2 Å².